The fourth-order valence-electron chi connectivity index (χ4n) is 2.78. The third-order valence-electron chi connectivity index (χ3n) is 4.32. The number of nitrogens with zero attached hydrogens (tertiary/aromatic N) is 1. The lowest BCUT2D eigenvalue weighted by Crippen LogP contribution is -2.42. The number of amides is 1. The van der Waals surface area contributed by atoms with E-state index in [1.807, 2.05) is 66.7 Å². The summed E-state index contributed by atoms with van der Waals surface area (Å²) in [5.74, 6) is 1.59. The molecule has 3 aromatic carbocycles. The Morgan fingerprint density at radius 3 is 2.52 bits per heavy atom. The van der Waals surface area contributed by atoms with E-state index < -0.39 is 6.10 Å². The van der Waals surface area contributed by atoms with Crippen LogP contribution in [0.15, 0.2) is 84.0 Å². The molecule has 4 rings (SSSR count). The number of hydrazone groups is 1. The summed E-state index contributed by atoms with van der Waals surface area (Å²) in [5, 5.41) is 4.00. The fourth-order valence-corrected chi connectivity index (χ4v) is 2.78. The van der Waals surface area contributed by atoms with Crippen molar-refractivity contribution in [1.82, 2.24) is 5.43 Å². The largest absolute Gasteiger partial charge is 0.489 e. The van der Waals surface area contributed by atoms with E-state index in [0.29, 0.717) is 18.1 Å². The number of ether oxygens (including phenoxy) is 3. The van der Waals surface area contributed by atoms with Gasteiger partial charge in [-0.05, 0) is 47.5 Å². The van der Waals surface area contributed by atoms with E-state index in [1.165, 1.54) is 0 Å². The fraction of sp³-hybridized carbons (Fsp3) is 0.130. The molecule has 3 aromatic rings. The Morgan fingerprint density at radius 2 is 1.72 bits per heavy atom. The van der Waals surface area contributed by atoms with Gasteiger partial charge in [0, 0.05) is 0 Å². The van der Waals surface area contributed by atoms with Crippen molar-refractivity contribution >= 4 is 12.1 Å². The topological polar surface area (TPSA) is 69.2 Å². The number of benzene rings is 3. The summed E-state index contributed by atoms with van der Waals surface area (Å²) in [6.07, 6.45) is 0.826. The third kappa shape index (κ3) is 4.93. The molecule has 1 N–H and O–H groups in total. The number of para-hydroxylation sites is 2. The van der Waals surface area contributed by atoms with Crippen molar-refractivity contribution in [1.29, 1.82) is 0 Å². The molecule has 29 heavy (non-hydrogen) atoms. The molecule has 146 valence electrons. The summed E-state index contributed by atoms with van der Waals surface area (Å²) in [5.41, 5.74) is 4.43. The Bertz CT molecular complexity index is 987. The van der Waals surface area contributed by atoms with Gasteiger partial charge < -0.3 is 14.2 Å². The van der Waals surface area contributed by atoms with Crippen molar-refractivity contribution in [3.05, 3.63) is 90.0 Å². The van der Waals surface area contributed by atoms with Crippen LogP contribution in [0.1, 0.15) is 11.1 Å². The number of carbonyl (C=O) groups is 1. The number of rotatable bonds is 6. The van der Waals surface area contributed by atoms with Crippen LogP contribution >= 0.6 is 0 Å². The molecular formula is C23H20N2O4. The first kappa shape index (κ1) is 18.6. The van der Waals surface area contributed by atoms with Crippen molar-refractivity contribution in [2.45, 2.75) is 12.7 Å². The Hall–Kier alpha value is -3.80. The standard InChI is InChI=1S/C23H20N2O4/c26-23(22-16-28-20-8-4-5-9-21(20)29-22)25-24-14-17-10-12-19(13-11-17)27-15-18-6-2-1-3-7-18/h1-14,22H,15-16H2,(H,25,26). The van der Waals surface area contributed by atoms with Gasteiger partial charge in [0.25, 0.3) is 5.91 Å². The normalized spacial score (nSPS) is 15.1. The van der Waals surface area contributed by atoms with Crippen LogP contribution in [0.4, 0.5) is 0 Å². The van der Waals surface area contributed by atoms with Crippen LogP contribution in [-0.2, 0) is 11.4 Å². The summed E-state index contributed by atoms with van der Waals surface area (Å²) in [6, 6.07) is 24.7. The Morgan fingerprint density at radius 1 is 1.00 bits per heavy atom. The molecule has 0 fully saturated rings. The van der Waals surface area contributed by atoms with E-state index in [0.717, 1.165) is 16.9 Å². The van der Waals surface area contributed by atoms with Gasteiger partial charge in [-0.2, -0.15) is 5.10 Å². The van der Waals surface area contributed by atoms with E-state index in [9.17, 15) is 4.79 Å². The van der Waals surface area contributed by atoms with Crippen LogP contribution < -0.4 is 19.6 Å². The molecule has 6 nitrogen and oxygen atoms in total. The van der Waals surface area contributed by atoms with Crippen molar-refractivity contribution in [2.75, 3.05) is 6.61 Å². The van der Waals surface area contributed by atoms with E-state index >= 15 is 0 Å². The molecule has 1 heterocycles. The zero-order valence-electron chi connectivity index (χ0n) is 15.7. The van der Waals surface area contributed by atoms with E-state index in [1.54, 1.807) is 18.3 Å². The second kappa shape index (κ2) is 8.93. The summed E-state index contributed by atoms with van der Waals surface area (Å²) < 4.78 is 16.9. The monoisotopic (exact) mass is 388 g/mol. The second-order valence-electron chi connectivity index (χ2n) is 6.44. The van der Waals surface area contributed by atoms with Gasteiger partial charge >= 0.3 is 0 Å². The number of hydrogen-bond acceptors (Lipinski definition) is 5. The molecule has 1 unspecified atom stereocenters. The van der Waals surface area contributed by atoms with Crippen LogP contribution in [0.3, 0.4) is 0 Å². The van der Waals surface area contributed by atoms with Crippen LogP contribution in [0.25, 0.3) is 0 Å². The van der Waals surface area contributed by atoms with Gasteiger partial charge in [-0.3, -0.25) is 4.79 Å². The molecule has 1 amide bonds. The van der Waals surface area contributed by atoms with Gasteiger partial charge in [-0.25, -0.2) is 5.43 Å². The van der Waals surface area contributed by atoms with E-state index in [-0.39, 0.29) is 12.5 Å². The van der Waals surface area contributed by atoms with Crippen molar-refractivity contribution in [3.8, 4) is 17.2 Å². The number of fused-ring (bicyclic) bond motifs is 1. The maximum Gasteiger partial charge on any atom is 0.284 e. The van der Waals surface area contributed by atoms with Gasteiger partial charge in [0.15, 0.2) is 11.5 Å². The smallest absolute Gasteiger partial charge is 0.284 e. The number of hydrogen-bond donors (Lipinski definition) is 1. The highest BCUT2D eigenvalue weighted by Gasteiger charge is 2.26. The maximum absolute atomic E-state index is 12.2. The Kier molecular flexibility index (Phi) is 5.71. The molecule has 0 spiro atoms. The van der Waals surface area contributed by atoms with Crippen molar-refractivity contribution < 1.29 is 19.0 Å². The molecule has 0 radical (unpaired) electrons. The van der Waals surface area contributed by atoms with Gasteiger partial charge in [-0.15, -0.1) is 0 Å². The van der Waals surface area contributed by atoms with E-state index in [2.05, 4.69) is 10.5 Å². The van der Waals surface area contributed by atoms with Crippen molar-refractivity contribution in [3.63, 3.8) is 0 Å². The van der Waals surface area contributed by atoms with Gasteiger partial charge in [-0.1, -0.05) is 42.5 Å². The quantitative estimate of drug-likeness (QED) is 0.518. The molecule has 0 saturated carbocycles. The predicted molar refractivity (Wildman–Crippen MR) is 109 cm³/mol. The molecule has 1 aliphatic heterocycles. The zero-order chi connectivity index (χ0) is 19.9. The summed E-state index contributed by atoms with van der Waals surface area (Å²) in [6.45, 7) is 0.655. The average Bonchev–Trinajstić information content (AvgIpc) is 2.79. The highest BCUT2D eigenvalue weighted by atomic mass is 16.6. The lowest BCUT2D eigenvalue weighted by molar-refractivity contribution is -0.130. The number of carbonyl (C=O) groups excluding carboxylic acids is 1. The first-order chi connectivity index (χ1) is 14.3. The molecule has 0 saturated heterocycles. The molecule has 0 aliphatic carbocycles. The lowest BCUT2D eigenvalue weighted by Gasteiger charge is -2.24. The highest BCUT2D eigenvalue weighted by molar-refractivity contribution is 5.85. The van der Waals surface area contributed by atoms with Crippen LogP contribution in [-0.4, -0.2) is 24.8 Å². The van der Waals surface area contributed by atoms with Crippen LogP contribution in [0.2, 0.25) is 0 Å². The minimum atomic E-state index is -0.740. The summed E-state index contributed by atoms with van der Waals surface area (Å²) in [7, 11) is 0. The molecular weight excluding hydrogens is 368 g/mol. The molecule has 0 bridgehead atoms. The minimum absolute atomic E-state index is 0.145. The van der Waals surface area contributed by atoms with Gasteiger partial charge in [0.05, 0.1) is 6.21 Å². The molecule has 0 aromatic heterocycles. The Labute approximate surface area is 168 Å². The first-order valence-corrected chi connectivity index (χ1v) is 9.26. The second-order valence-corrected chi connectivity index (χ2v) is 6.44. The molecule has 1 atom stereocenters. The number of nitrogens with one attached hydrogen (secondary N) is 1. The summed E-state index contributed by atoms with van der Waals surface area (Å²) in [4.78, 5) is 12.2. The predicted octanol–water partition coefficient (Wildman–Crippen LogP) is 3.56. The minimum Gasteiger partial charge on any atom is -0.489 e. The van der Waals surface area contributed by atoms with Crippen molar-refractivity contribution in [2.24, 2.45) is 5.10 Å². The van der Waals surface area contributed by atoms with Gasteiger partial charge in [0.1, 0.15) is 19.0 Å². The van der Waals surface area contributed by atoms with E-state index in [4.69, 9.17) is 14.2 Å². The third-order valence-corrected chi connectivity index (χ3v) is 4.32. The average molecular weight is 388 g/mol. The van der Waals surface area contributed by atoms with Crippen LogP contribution in [0.5, 0.6) is 17.2 Å². The SMILES string of the molecule is O=C(NN=Cc1ccc(OCc2ccccc2)cc1)C1COc2ccccc2O1. The lowest BCUT2D eigenvalue weighted by atomic mass is 10.2. The zero-order valence-corrected chi connectivity index (χ0v) is 15.7. The molecule has 1 aliphatic rings. The molecule has 6 heteroatoms. The maximum atomic E-state index is 12.2. The highest BCUT2D eigenvalue weighted by Crippen LogP contribution is 2.30. The Balaban J connectivity index is 1.26. The van der Waals surface area contributed by atoms with Gasteiger partial charge in [0.2, 0.25) is 6.10 Å². The first-order valence-electron chi connectivity index (χ1n) is 9.26. The summed E-state index contributed by atoms with van der Waals surface area (Å²) >= 11 is 0. The van der Waals surface area contributed by atoms with Crippen LogP contribution in [0, 0.1) is 0 Å².